The van der Waals surface area contributed by atoms with Gasteiger partial charge in [-0.15, -0.1) is 0 Å². The molecule has 0 atom stereocenters. The zero-order valence-corrected chi connectivity index (χ0v) is 12.8. The number of hydrogen-bond acceptors (Lipinski definition) is 7. The Morgan fingerprint density at radius 3 is 2.33 bits per heavy atom. The summed E-state index contributed by atoms with van der Waals surface area (Å²) in [5, 5.41) is 39.8. The van der Waals surface area contributed by atoms with Gasteiger partial charge in [-0.3, -0.25) is 4.99 Å². The van der Waals surface area contributed by atoms with Gasteiger partial charge < -0.3 is 20.4 Å². The molecule has 2 aromatic carbocycles. The average molecular weight is 327 g/mol. The molecule has 8 heteroatoms. The molecular formula is C16H13N3O5. The lowest BCUT2D eigenvalue weighted by atomic mass is 10.0. The van der Waals surface area contributed by atoms with E-state index in [1.54, 1.807) is 0 Å². The Balaban J connectivity index is 2.60. The predicted octanol–water partition coefficient (Wildman–Crippen LogP) is 1.96. The van der Waals surface area contributed by atoms with E-state index in [-0.39, 0.29) is 56.0 Å². The molecule has 0 saturated heterocycles. The fraction of sp³-hybridized carbons (Fsp3) is 0.125. The first kappa shape index (κ1) is 15.5. The van der Waals surface area contributed by atoms with Gasteiger partial charge in [-0.25, -0.2) is 14.8 Å². The van der Waals surface area contributed by atoms with E-state index in [0.717, 1.165) is 0 Å². The number of nitrogens with zero attached hydrogens (tertiary/aromatic N) is 3. The highest BCUT2D eigenvalue weighted by atomic mass is 16.4. The van der Waals surface area contributed by atoms with Crippen molar-refractivity contribution >= 4 is 34.3 Å². The Morgan fingerprint density at radius 2 is 1.71 bits per heavy atom. The van der Waals surface area contributed by atoms with Gasteiger partial charge in [0.05, 0.1) is 11.1 Å². The molecule has 8 nitrogen and oxygen atoms in total. The number of aliphatic imine (C=N–C) groups is 1. The molecule has 0 saturated carbocycles. The molecule has 0 aliphatic heterocycles. The van der Waals surface area contributed by atoms with E-state index in [0.29, 0.717) is 0 Å². The van der Waals surface area contributed by atoms with Crippen molar-refractivity contribution in [3.05, 3.63) is 28.8 Å². The molecule has 0 unspecified atom stereocenters. The number of fused-ring (bicyclic) bond motifs is 2. The highest BCUT2D eigenvalue weighted by Crippen LogP contribution is 2.38. The van der Waals surface area contributed by atoms with Gasteiger partial charge >= 0.3 is 5.97 Å². The number of carbonyl (C=O) groups is 1. The van der Waals surface area contributed by atoms with Crippen LogP contribution in [0.2, 0.25) is 0 Å². The summed E-state index contributed by atoms with van der Waals surface area (Å²) < 4.78 is 0. The molecule has 122 valence electrons. The van der Waals surface area contributed by atoms with Crippen LogP contribution in [0.15, 0.2) is 17.1 Å². The van der Waals surface area contributed by atoms with Crippen LogP contribution in [0.25, 0.3) is 22.1 Å². The molecule has 0 spiro atoms. The van der Waals surface area contributed by atoms with Gasteiger partial charge in [0.25, 0.3) is 0 Å². The highest BCUT2D eigenvalue weighted by Gasteiger charge is 2.21. The van der Waals surface area contributed by atoms with E-state index in [2.05, 4.69) is 15.0 Å². The quantitative estimate of drug-likeness (QED) is 0.417. The van der Waals surface area contributed by atoms with E-state index >= 15 is 0 Å². The summed E-state index contributed by atoms with van der Waals surface area (Å²) in [6.07, 6.45) is 1.35. The smallest absolute Gasteiger partial charge is 0.337 e. The zero-order valence-electron chi connectivity index (χ0n) is 12.8. The Bertz CT molecular complexity index is 1040. The Kier molecular flexibility index (Phi) is 3.44. The summed E-state index contributed by atoms with van der Waals surface area (Å²) in [6, 6.07) is 2.41. The van der Waals surface area contributed by atoms with Gasteiger partial charge in [0.1, 0.15) is 39.3 Å². The molecule has 1 aromatic heterocycles. The number of phenols is 3. The van der Waals surface area contributed by atoms with Crippen molar-refractivity contribution in [2.24, 2.45) is 4.99 Å². The van der Waals surface area contributed by atoms with Crippen LogP contribution in [-0.4, -0.2) is 49.6 Å². The number of hydrogen-bond donors (Lipinski definition) is 4. The summed E-state index contributed by atoms with van der Waals surface area (Å²) >= 11 is 0. The Labute approximate surface area is 135 Å². The molecule has 24 heavy (non-hydrogen) atoms. The minimum absolute atomic E-state index is 0.0146. The number of aromatic carboxylic acids is 1. The van der Waals surface area contributed by atoms with Crippen molar-refractivity contribution in [3.63, 3.8) is 0 Å². The average Bonchev–Trinajstić information content (AvgIpc) is 2.56. The van der Waals surface area contributed by atoms with Crippen LogP contribution < -0.4 is 0 Å². The van der Waals surface area contributed by atoms with Crippen molar-refractivity contribution in [1.82, 2.24) is 9.97 Å². The van der Waals surface area contributed by atoms with Crippen LogP contribution in [0.5, 0.6) is 17.2 Å². The van der Waals surface area contributed by atoms with E-state index in [1.807, 2.05) is 0 Å². The molecule has 0 aliphatic rings. The van der Waals surface area contributed by atoms with Crippen LogP contribution in [-0.2, 0) is 0 Å². The maximum Gasteiger partial charge on any atom is 0.337 e. The fourth-order valence-corrected chi connectivity index (χ4v) is 2.50. The maximum absolute atomic E-state index is 11.4. The van der Waals surface area contributed by atoms with Gasteiger partial charge in [0, 0.05) is 18.8 Å². The predicted molar refractivity (Wildman–Crippen MR) is 87.3 cm³/mol. The minimum Gasteiger partial charge on any atom is -0.507 e. The van der Waals surface area contributed by atoms with Gasteiger partial charge in [-0.2, -0.15) is 0 Å². The highest BCUT2D eigenvalue weighted by molar-refractivity contribution is 6.08. The molecule has 0 aliphatic carbocycles. The van der Waals surface area contributed by atoms with Crippen molar-refractivity contribution in [2.45, 2.75) is 6.92 Å². The normalized spacial score (nSPS) is 11.6. The number of carboxylic acids is 1. The molecule has 3 aromatic rings. The molecular weight excluding hydrogens is 314 g/mol. The van der Waals surface area contributed by atoms with Crippen LogP contribution in [0.4, 0.5) is 0 Å². The molecule has 0 amide bonds. The van der Waals surface area contributed by atoms with Crippen molar-refractivity contribution in [2.75, 3.05) is 7.05 Å². The first-order chi connectivity index (χ1) is 11.4. The van der Waals surface area contributed by atoms with E-state index in [4.69, 9.17) is 0 Å². The standard InChI is InChI=1S/C16H13N3O5/c1-6-14(21)8(5-17-2)11-13(15(6)22)19-10-7(16(23)24)3-4-9(20)12(10)18-11/h3-5,20-22H,1-2H3,(H,23,24)/b17-5-. The molecule has 0 bridgehead atoms. The fourth-order valence-electron chi connectivity index (χ4n) is 2.50. The molecule has 0 radical (unpaired) electrons. The third kappa shape index (κ3) is 2.08. The topological polar surface area (TPSA) is 136 Å². The van der Waals surface area contributed by atoms with Crippen molar-refractivity contribution in [3.8, 4) is 17.2 Å². The molecule has 1 heterocycles. The summed E-state index contributed by atoms with van der Waals surface area (Å²) in [5.41, 5.74) is 0.242. The second-order valence-corrected chi connectivity index (χ2v) is 5.18. The Hall–Kier alpha value is -3.42. The molecule has 3 rings (SSSR count). The second-order valence-electron chi connectivity index (χ2n) is 5.18. The third-order valence-electron chi connectivity index (χ3n) is 3.73. The number of aromatic nitrogens is 2. The van der Waals surface area contributed by atoms with E-state index in [9.17, 15) is 25.2 Å². The zero-order chi connectivity index (χ0) is 17.6. The van der Waals surface area contributed by atoms with Gasteiger partial charge in [-0.05, 0) is 19.1 Å². The lowest BCUT2D eigenvalue weighted by Gasteiger charge is -2.12. The summed E-state index contributed by atoms with van der Waals surface area (Å²) in [4.78, 5) is 23.6. The van der Waals surface area contributed by atoms with E-state index < -0.39 is 5.97 Å². The summed E-state index contributed by atoms with van der Waals surface area (Å²) in [7, 11) is 1.50. The van der Waals surface area contributed by atoms with Gasteiger partial charge in [0.2, 0.25) is 0 Å². The third-order valence-corrected chi connectivity index (χ3v) is 3.73. The van der Waals surface area contributed by atoms with Gasteiger partial charge in [-0.1, -0.05) is 0 Å². The lowest BCUT2D eigenvalue weighted by molar-refractivity contribution is 0.0699. The second kappa shape index (κ2) is 5.34. The summed E-state index contributed by atoms with van der Waals surface area (Å²) in [5.74, 6) is -2.03. The van der Waals surface area contributed by atoms with Crippen molar-refractivity contribution < 1.29 is 25.2 Å². The summed E-state index contributed by atoms with van der Waals surface area (Å²) in [6.45, 7) is 1.49. The largest absolute Gasteiger partial charge is 0.507 e. The number of carboxylic acid groups (broad SMARTS) is 1. The Morgan fingerprint density at radius 1 is 1.04 bits per heavy atom. The van der Waals surface area contributed by atoms with Crippen LogP contribution in [0.1, 0.15) is 21.5 Å². The molecule has 0 fully saturated rings. The number of rotatable bonds is 2. The van der Waals surface area contributed by atoms with Crippen LogP contribution in [0, 0.1) is 6.92 Å². The molecule has 4 N–H and O–H groups in total. The van der Waals surface area contributed by atoms with Crippen LogP contribution >= 0.6 is 0 Å². The number of benzene rings is 2. The monoisotopic (exact) mass is 327 g/mol. The minimum atomic E-state index is -1.24. The maximum atomic E-state index is 11.4. The first-order valence-electron chi connectivity index (χ1n) is 6.90. The van der Waals surface area contributed by atoms with Gasteiger partial charge in [0.15, 0.2) is 0 Å². The SMILES string of the molecule is C/N=C\c1c(O)c(C)c(O)c2nc3c(C(=O)O)ccc(O)c3nc12. The lowest BCUT2D eigenvalue weighted by Crippen LogP contribution is -2.02. The number of phenolic OH excluding ortho intramolecular Hbond substituents is 3. The van der Waals surface area contributed by atoms with E-state index in [1.165, 1.54) is 32.3 Å². The van der Waals surface area contributed by atoms with Crippen LogP contribution in [0.3, 0.4) is 0 Å². The first-order valence-corrected chi connectivity index (χ1v) is 6.90. The number of aromatic hydroxyl groups is 3. The van der Waals surface area contributed by atoms with Crippen molar-refractivity contribution in [1.29, 1.82) is 0 Å².